The summed E-state index contributed by atoms with van der Waals surface area (Å²) in [5, 5.41) is 0.796. The van der Waals surface area contributed by atoms with Crippen LogP contribution in [0, 0.1) is 0 Å². The van der Waals surface area contributed by atoms with Crippen LogP contribution in [0.15, 0.2) is 0 Å². The highest BCUT2D eigenvalue weighted by Crippen LogP contribution is 2.35. The molecule has 3 heteroatoms. The van der Waals surface area contributed by atoms with Gasteiger partial charge in [-0.05, 0) is 6.42 Å². The zero-order valence-electron chi connectivity index (χ0n) is 4.71. The van der Waals surface area contributed by atoms with E-state index in [2.05, 4.69) is 4.90 Å². The van der Waals surface area contributed by atoms with Crippen molar-refractivity contribution in [2.45, 2.75) is 18.0 Å². The first kappa shape index (κ1) is 5.09. The number of nitrogens with zero attached hydrogens (tertiary/aromatic N) is 1. The van der Waals surface area contributed by atoms with Crippen molar-refractivity contribution >= 4 is 11.8 Å². The van der Waals surface area contributed by atoms with E-state index < -0.39 is 0 Å². The maximum absolute atomic E-state index is 5.72. The fourth-order valence-electron chi connectivity index (χ4n) is 1.25. The Labute approximate surface area is 53.4 Å². The fourth-order valence-corrected chi connectivity index (χ4v) is 2.58. The Bertz CT molecular complexity index is 101. The first-order valence-electron chi connectivity index (χ1n) is 3.01. The van der Waals surface area contributed by atoms with E-state index in [1.165, 1.54) is 13.0 Å². The number of fused-ring (bicyclic) bond motifs is 1. The molecule has 0 aromatic heterocycles. The van der Waals surface area contributed by atoms with Crippen LogP contribution < -0.4 is 5.73 Å². The minimum atomic E-state index is 0.374. The number of nitrogens with two attached hydrogens (primary N) is 1. The van der Waals surface area contributed by atoms with Gasteiger partial charge in [-0.25, -0.2) is 0 Å². The van der Waals surface area contributed by atoms with Crippen LogP contribution in [0.5, 0.6) is 0 Å². The minimum Gasteiger partial charge on any atom is -0.315 e. The van der Waals surface area contributed by atoms with Gasteiger partial charge in [-0.15, -0.1) is 11.8 Å². The van der Waals surface area contributed by atoms with E-state index in [1.807, 2.05) is 11.8 Å². The van der Waals surface area contributed by atoms with Gasteiger partial charge >= 0.3 is 0 Å². The molecule has 0 spiro atoms. The smallest absolute Gasteiger partial charge is 0.0674 e. The second kappa shape index (κ2) is 1.62. The van der Waals surface area contributed by atoms with E-state index in [0.29, 0.717) is 6.17 Å². The Morgan fingerprint density at radius 1 is 1.62 bits per heavy atom. The van der Waals surface area contributed by atoms with E-state index in [1.54, 1.807) is 0 Å². The average molecular weight is 130 g/mol. The van der Waals surface area contributed by atoms with Crippen LogP contribution in [0.25, 0.3) is 0 Å². The highest BCUT2D eigenvalue weighted by Gasteiger charge is 2.37. The molecule has 0 bridgehead atoms. The monoisotopic (exact) mass is 130 g/mol. The van der Waals surface area contributed by atoms with Gasteiger partial charge in [-0.1, -0.05) is 0 Å². The molecule has 0 aromatic carbocycles. The molecule has 2 unspecified atom stereocenters. The van der Waals surface area contributed by atoms with E-state index in [0.717, 1.165) is 11.1 Å². The first-order chi connectivity index (χ1) is 3.88. The molecule has 2 aliphatic rings. The van der Waals surface area contributed by atoms with Crippen LogP contribution in [0.4, 0.5) is 0 Å². The molecule has 0 amide bonds. The van der Waals surface area contributed by atoms with E-state index in [9.17, 15) is 0 Å². The summed E-state index contributed by atoms with van der Waals surface area (Å²) in [6, 6.07) is 0. The van der Waals surface area contributed by atoms with Gasteiger partial charge in [-0.3, -0.25) is 4.90 Å². The van der Waals surface area contributed by atoms with E-state index in [4.69, 9.17) is 5.73 Å². The van der Waals surface area contributed by atoms with Crippen molar-refractivity contribution in [1.82, 2.24) is 4.90 Å². The molecule has 2 aliphatic heterocycles. The standard InChI is InChI=1S/C5H10N2S/c6-4-3-8-5-1-2-7(4)5/h4-5H,1-3,6H2. The first-order valence-corrected chi connectivity index (χ1v) is 4.06. The molecule has 46 valence electrons. The van der Waals surface area contributed by atoms with Crippen molar-refractivity contribution in [3.8, 4) is 0 Å². The van der Waals surface area contributed by atoms with Gasteiger partial charge in [0.05, 0.1) is 11.5 Å². The summed E-state index contributed by atoms with van der Waals surface area (Å²) in [6.45, 7) is 1.23. The molecule has 0 aliphatic carbocycles. The number of hydrogen-bond donors (Lipinski definition) is 1. The second-order valence-electron chi connectivity index (χ2n) is 2.38. The lowest BCUT2D eigenvalue weighted by Gasteiger charge is -2.36. The summed E-state index contributed by atoms with van der Waals surface area (Å²) in [4.78, 5) is 2.37. The third-order valence-electron chi connectivity index (χ3n) is 1.89. The van der Waals surface area contributed by atoms with Crippen molar-refractivity contribution in [1.29, 1.82) is 0 Å². The van der Waals surface area contributed by atoms with Gasteiger partial charge in [0.15, 0.2) is 0 Å². The van der Waals surface area contributed by atoms with Crippen molar-refractivity contribution in [2.75, 3.05) is 12.3 Å². The summed E-state index contributed by atoms with van der Waals surface area (Å²) in [5.74, 6) is 1.14. The van der Waals surface area contributed by atoms with Crippen LogP contribution in [-0.4, -0.2) is 28.7 Å². The molecule has 2 fully saturated rings. The van der Waals surface area contributed by atoms with Gasteiger partial charge in [0.1, 0.15) is 0 Å². The van der Waals surface area contributed by atoms with Crippen LogP contribution in [-0.2, 0) is 0 Å². The van der Waals surface area contributed by atoms with Crippen LogP contribution in [0.1, 0.15) is 6.42 Å². The van der Waals surface area contributed by atoms with Crippen LogP contribution in [0.3, 0.4) is 0 Å². The van der Waals surface area contributed by atoms with Crippen molar-refractivity contribution in [3.05, 3.63) is 0 Å². The molecule has 2 heterocycles. The number of thioether (sulfide) groups is 1. The second-order valence-corrected chi connectivity index (χ2v) is 3.59. The molecule has 8 heavy (non-hydrogen) atoms. The van der Waals surface area contributed by atoms with Crippen molar-refractivity contribution in [2.24, 2.45) is 5.73 Å². The Hall–Kier alpha value is 0.270. The predicted molar refractivity (Wildman–Crippen MR) is 35.5 cm³/mol. The Balaban J connectivity index is 2.05. The van der Waals surface area contributed by atoms with Gasteiger partial charge < -0.3 is 5.73 Å². The van der Waals surface area contributed by atoms with Crippen LogP contribution >= 0.6 is 11.8 Å². The summed E-state index contributed by atoms with van der Waals surface area (Å²) < 4.78 is 0. The summed E-state index contributed by atoms with van der Waals surface area (Å²) in [5.41, 5.74) is 5.72. The van der Waals surface area contributed by atoms with Crippen LogP contribution in [0.2, 0.25) is 0 Å². The van der Waals surface area contributed by atoms with Gasteiger partial charge in [-0.2, -0.15) is 0 Å². The Morgan fingerprint density at radius 3 is 2.75 bits per heavy atom. The van der Waals surface area contributed by atoms with Gasteiger partial charge in [0.2, 0.25) is 0 Å². The Morgan fingerprint density at radius 2 is 2.50 bits per heavy atom. The third kappa shape index (κ3) is 0.522. The molecule has 2 atom stereocenters. The highest BCUT2D eigenvalue weighted by atomic mass is 32.2. The summed E-state index contributed by atoms with van der Waals surface area (Å²) in [7, 11) is 0. The molecule has 2 rings (SSSR count). The lowest BCUT2D eigenvalue weighted by atomic mass is 10.2. The minimum absolute atomic E-state index is 0.374. The maximum atomic E-state index is 5.72. The lowest BCUT2D eigenvalue weighted by molar-refractivity contribution is 0.126. The molecule has 0 saturated carbocycles. The summed E-state index contributed by atoms with van der Waals surface area (Å²) >= 11 is 2.00. The SMILES string of the molecule is NC1CSC2CCN12. The lowest BCUT2D eigenvalue weighted by Crippen LogP contribution is -2.50. The van der Waals surface area contributed by atoms with E-state index >= 15 is 0 Å². The molecule has 0 aromatic rings. The topological polar surface area (TPSA) is 29.3 Å². The predicted octanol–water partition coefficient (Wildman–Crippen LogP) is 0.0498. The maximum Gasteiger partial charge on any atom is 0.0674 e. The zero-order chi connectivity index (χ0) is 5.56. The van der Waals surface area contributed by atoms with Crippen molar-refractivity contribution < 1.29 is 0 Å². The molecule has 2 saturated heterocycles. The molecular weight excluding hydrogens is 120 g/mol. The van der Waals surface area contributed by atoms with Gasteiger partial charge in [0.25, 0.3) is 0 Å². The average Bonchev–Trinajstić information content (AvgIpc) is 1.80. The Kier molecular flexibility index (Phi) is 1.03. The van der Waals surface area contributed by atoms with E-state index in [-0.39, 0.29) is 0 Å². The molecule has 0 radical (unpaired) electrons. The third-order valence-corrected chi connectivity index (χ3v) is 3.31. The molecule has 2 N–H and O–H groups in total. The highest BCUT2D eigenvalue weighted by molar-refractivity contribution is 8.00. The zero-order valence-corrected chi connectivity index (χ0v) is 5.53. The molecule has 2 nitrogen and oxygen atoms in total. The molecular formula is C5H10N2S. The summed E-state index contributed by atoms with van der Waals surface area (Å²) in [6.07, 6.45) is 1.73. The van der Waals surface area contributed by atoms with Crippen molar-refractivity contribution in [3.63, 3.8) is 0 Å². The largest absolute Gasteiger partial charge is 0.315 e. The normalized spacial score (nSPS) is 46.1. The number of rotatable bonds is 0. The number of hydrogen-bond acceptors (Lipinski definition) is 3. The fraction of sp³-hybridized carbons (Fsp3) is 1.00. The quantitative estimate of drug-likeness (QED) is 0.502. The van der Waals surface area contributed by atoms with Gasteiger partial charge in [0, 0.05) is 12.3 Å².